The number of alkyl halides is 1. The maximum absolute atomic E-state index is 9.63. The fourth-order valence-electron chi connectivity index (χ4n) is 1.91. The van der Waals surface area contributed by atoms with Crippen LogP contribution in [0.25, 0.3) is 0 Å². The van der Waals surface area contributed by atoms with Gasteiger partial charge >= 0.3 is 0 Å². The van der Waals surface area contributed by atoms with Gasteiger partial charge in [0.2, 0.25) is 0 Å². The second-order valence-electron chi connectivity index (χ2n) is 4.61. The number of halogens is 1. The van der Waals surface area contributed by atoms with E-state index in [-0.39, 0.29) is 6.10 Å². The van der Waals surface area contributed by atoms with E-state index in [1.165, 1.54) is 5.56 Å². The van der Waals surface area contributed by atoms with Crippen LogP contribution in [0, 0.1) is 0 Å². The van der Waals surface area contributed by atoms with Crippen molar-refractivity contribution in [2.24, 2.45) is 0 Å². The molecule has 1 N–H and O–H groups in total. The molecule has 18 heavy (non-hydrogen) atoms. The van der Waals surface area contributed by atoms with Crippen LogP contribution in [-0.2, 0) is 6.42 Å². The molecule has 1 rings (SSSR count). The quantitative estimate of drug-likeness (QED) is 0.784. The summed E-state index contributed by atoms with van der Waals surface area (Å²) in [6.07, 6.45) is 0.588. The summed E-state index contributed by atoms with van der Waals surface area (Å²) in [5.74, 6) is 0.929. The largest absolute Gasteiger partial charge is 0.496 e. The molecule has 2 unspecified atom stereocenters. The van der Waals surface area contributed by atoms with Gasteiger partial charge in [0.05, 0.1) is 13.2 Å². The average molecular weight is 316 g/mol. The molecular weight excluding hydrogens is 294 g/mol. The summed E-state index contributed by atoms with van der Waals surface area (Å²) in [6, 6.07) is 8.43. The Kier molecular flexibility index (Phi) is 6.68. The molecule has 4 heteroatoms. The molecular formula is C14H22BrNO2. The lowest BCUT2D eigenvalue weighted by molar-refractivity contribution is 0.125. The third-order valence-electron chi connectivity index (χ3n) is 3.14. The van der Waals surface area contributed by atoms with Gasteiger partial charge in [-0.25, -0.2) is 0 Å². The minimum atomic E-state index is -0.324. The number of ether oxygens (including phenoxy) is 1. The summed E-state index contributed by atoms with van der Waals surface area (Å²) < 4.78 is 5.35. The van der Waals surface area contributed by atoms with Crippen LogP contribution < -0.4 is 4.74 Å². The zero-order valence-electron chi connectivity index (χ0n) is 11.3. The van der Waals surface area contributed by atoms with Crippen molar-refractivity contribution < 1.29 is 9.84 Å². The number of para-hydroxylation sites is 1. The lowest BCUT2D eigenvalue weighted by atomic mass is 10.0. The molecule has 0 fully saturated rings. The number of hydrogen-bond donors (Lipinski definition) is 1. The lowest BCUT2D eigenvalue weighted by Gasteiger charge is -2.27. The van der Waals surface area contributed by atoms with Gasteiger partial charge in [-0.1, -0.05) is 34.1 Å². The first kappa shape index (κ1) is 15.5. The number of nitrogens with zero attached hydrogens (tertiary/aromatic N) is 1. The standard InChI is InChI=1S/C14H22BrNO2/c1-11(16(2)10-13(17)9-15)8-12-6-4-5-7-14(12)18-3/h4-7,11,13,17H,8-10H2,1-3H3. The van der Waals surface area contributed by atoms with E-state index < -0.39 is 0 Å². The van der Waals surface area contributed by atoms with Crippen LogP contribution in [0.5, 0.6) is 5.75 Å². The van der Waals surface area contributed by atoms with Gasteiger partial charge < -0.3 is 14.7 Å². The molecule has 0 bridgehead atoms. The van der Waals surface area contributed by atoms with Crippen LogP contribution in [0.4, 0.5) is 0 Å². The van der Waals surface area contributed by atoms with Gasteiger partial charge in [-0.2, -0.15) is 0 Å². The summed E-state index contributed by atoms with van der Waals surface area (Å²) in [6.45, 7) is 2.83. The molecule has 0 aromatic heterocycles. The number of benzene rings is 1. The molecule has 1 aromatic carbocycles. The van der Waals surface area contributed by atoms with Crippen molar-refractivity contribution >= 4 is 15.9 Å². The minimum Gasteiger partial charge on any atom is -0.496 e. The van der Waals surface area contributed by atoms with Crippen LogP contribution in [0.2, 0.25) is 0 Å². The molecule has 0 aliphatic carbocycles. The molecule has 3 nitrogen and oxygen atoms in total. The third kappa shape index (κ3) is 4.59. The van der Waals surface area contributed by atoms with Crippen molar-refractivity contribution in [1.82, 2.24) is 4.90 Å². The third-order valence-corrected chi connectivity index (χ3v) is 3.88. The molecule has 0 aliphatic rings. The lowest BCUT2D eigenvalue weighted by Crippen LogP contribution is -2.37. The number of hydrogen-bond acceptors (Lipinski definition) is 3. The molecule has 0 radical (unpaired) electrons. The fourth-order valence-corrected chi connectivity index (χ4v) is 2.11. The average Bonchev–Trinajstić information content (AvgIpc) is 2.39. The number of rotatable bonds is 7. The van der Waals surface area contributed by atoms with Crippen molar-refractivity contribution in [2.75, 3.05) is 26.0 Å². The summed E-state index contributed by atoms with van der Waals surface area (Å²) >= 11 is 3.29. The monoisotopic (exact) mass is 315 g/mol. The van der Waals surface area contributed by atoms with Gasteiger partial charge in [0.15, 0.2) is 0 Å². The van der Waals surface area contributed by atoms with E-state index in [1.807, 2.05) is 25.2 Å². The highest BCUT2D eigenvalue weighted by Gasteiger charge is 2.15. The second-order valence-corrected chi connectivity index (χ2v) is 5.26. The van der Waals surface area contributed by atoms with E-state index in [9.17, 15) is 5.11 Å². The molecule has 1 aromatic rings. The van der Waals surface area contributed by atoms with E-state index in [0.717, 1.165) is 12.2 Å². The van der Waals surface area contributed by atoms with E-state index in [2.05, 4.69) is 33.8 Å². The van der Waals surface area contributed by atoms with Crippen molar-refractivity contribution in [2.45, 2.75) is 25.5 Å². The first-order valence-electron chi connectivity index (χ1n) is 6.14. The van der Waals surface area contributed by atoms with E-state index >= 15 is 0 Å². The SMILES string of the molecule is COc1ccccc1CC(C)N(C)CC(O)CBr. The molecule has 0 amide bonds. The Morgan fingerprint density at radius 2 is 2.06 bits per heavy atom. The molecule has 0 saturated carbocycles. The Balaban J connectivity index is 2.60. The summed E-state index contributed by atoms with van der Waals surface area (Å²) in [4.78, 5) is 2.17. The van der Waals surface area contributed by atoms with Gasteiger partial charge in [-0.05, 0) is 32.0 Å². The maximum atomic E-state index is 9.63. The number of methoxy groups -OCH3 is 1. The Labute approximate surface area is 118 Å². The highest BCUT2D eigenvalue weighted by atomic mass is 79.9. The Hall–Kier alpha value is -0.580. The maximum Gasteiger partial charge on any atom is 0.122 e. The van der Waals surface area contributed by atoms with Crippen LogP contribution in [0.15, 0.2) is 24.3 Å². The predicted molar refractivity (Wildman–Crippen MR) is 78.6 cm³/mol. The molecule has 2 atom stereocenters. The van der Waals surface area contributed by atoms with E-state index in [4.69, 9.17) is 4.74 Å². The smallest absolute Gasteiger partial charge is 0.122 e. The number of likely N-dealkylation sites (N-methyl/N-ethyl adjacent to an activating group) is 1. The van der Waals surface area contributed by atoms with Gasteiger partial charge in [-0.15, -0.1) is 0 Å². The van der Waals surface area contributed by atoms with Crippen molar-refractivity contribution in [3.63, 3.8) is 0 Å². The molecule has 0 saturated heterocycles. The highest BCUT2D eigenvalue weighted by Crippen LogP contribution is 2.20. The summed E-state index contributed by atoms with van der Waals surface area (Å²) in [5.41, 5.74) is 1.20. The van der Waals surface area contributed by atoms with Crippen molar-refractivity contribution in [1.29, 1.82) is 0 Å². The number of aliphatic hydroxyl groups is 1. The first-order chi connectivity index (χ1) is 8.58. The Morgan fingerprint density at radius 1 is 1.39 bits per heavy atom. The van der Waals surface area contributed by atoms with Crippen LogP contribution in [-0.4, -0.2) is 48.2 Å². The van der Waals surface area contributed by atoms with Gasteiger partial charge in [0.25, 0.3) is 0 Å². The van der Waals surface area contributed by atoms with Gasteiger partial charge in [-0.3, -0.25) is 0 Å². The highest BCUT2D eigenvalue weighted by molar-refractivity contribution is 9.09. The summed E-state index contributed by atoms with van der Waals surface area (Å²) in [7, 11) is 3.73. The Bertz CT molecular complexity index is 359. The molecule has 0 aliphatic heterocycles. The Morgan fingerprint density at radius 3 is 2.67 bits per heavy atom. The molecule has 102 valence electrons. The second kappa shape index (κ2) is 7.77. The van der Waals surface area contributed by atoms with Crippen LogP contribution >= 0.6 is 15.9 Å². The van der Waals surface area contributed by atoms with Crippen molar-refractivity contribution in [3.8, 4) is 5.75 Å². The fraction of sp³-hybridized carbons (Fsp3) is 0.571. The topological polar surface area (TPSA) is 32.7 Å². The predicted octanol–water partition coefficient (Wildman–Crippen LogP) is 2.31. The minimum absolute atomic E-state index is 0.324. The van der Waals surface area contributed by atoms with E-state index in [0.29, 0.717) is 17.9 Å². The van der Waals surface area contributed by atoms with Crippen LogP contribution in [0.3, 0.4) is 0 Å². The normalized spacial score (nSPS) is 14.6. The molecule has 0 spiro atoms. The van der Waals surface area contributed by atoms with Gasteiger partial charge in [0.1, 0.15) is 5.75 Å². The number of aliphatic hydroxyl groups excluding tert-OH is 1. The molecule has 0 heterocycles. The summed E-state index contributed by atoms with van der Waals surface area (Å²) in [5, 5.41) is 10.2. The van der Waals surface area contributed by atoms with Crippen LogP contribution in [0.1, 0.15) is 12.5 Å². The zero-order valence-corrected chi connectivity index (χ0v) is 12.9. The van der Waals surface area contributed by atoms with E-state index in [1.54, 1.807) is 7.11 Å². The zero-order chi connectivity index (χ0) is 13.5. The van der Waals surface area contributed by atoms with Crippen molar-refractivity contribution in [3.05, 3.63) is 29.8 Å². The van der Waals surface area contributed by atoms with Gasteiger partial charge in [0, 0.05) is 17.9 Å². The first-order valence-corrected chi connectivity index (χ1v) is 7.26.